The van der Waals surface area contributed by atoms with Gasteiger partial charge in [-0.15, -0.1) is 11.8 Å². The van der Waals surface area contributed by atoms with Crippen LogP contribution in [-0.2, 0) is 14.9 Å². The van der Waals surface area contributed by atoms with Gasteiger partial charge < -0.3 is 19.1 Å². The van der Waals surface area contributed by atoms with E-state index in [1.165, 1.54) is 7.11 Å². The maximum absolute atomic E-state index is 12.2. The molecule has 1 unspecified atom stereocenters. The molecule has 0 aliphatic rings. The van der Waals surface area contributed by atoms with Crippen LogP contribution in [0.4, 0.5) is 0 Å². The predicted octanol–water partition coefficient (Wildman–Crippen LogP) is 2.69. The Labute approximate surface area is 152 Å². The summed E-state index contributed by atoms with van der Waals surface area (Å²) in [5, 5.41) is 12.3. The van der Waals surface area contributed by atoms with Gasteiger partial charge in [-0.1, -0.05) is 41.1 Å². The van der Waals surface area contributed by atoms with Gasteiger partial charge in [0.15, 0.2) is 0 Å². The van der Waals surface area contributed by atoms with Crippen molar-refractivity contribution in [3.63, 3.8) is 0 Å². The zero-order valence-electron chi connectivity index (χ0n) is 13.2. The van der Waals surface area contributed by atoms with Gasteiger partial charge in [0, 0.05) is 4.90 Å². The second-order valence-electron chi connectivity index (χ2n) is 4.95. The highest BCUT2D eigenvalue weighted by Crippen LogP contribution is 2.48. The van der Waals surface area contributed by atoms with Crippen LogP contribution in [0.2, 0.25) is 0 Å². The number of benzene rings is 1. The quantitative estimate of drug-likeness (QED) is 0.514. The lowest BCUT2D eigenvalue weighted by Gasteiger charge is -2.35. The Morgan fingerprint density at radius 1 is 1.38 bits per heavy atom. The number of ether oxygens (including phenoxy) is 1. The molecule has 5 nitrogen and oxygen atoms in total. The Morgan fingerprint density at radius 3 is 2.54 bits per heavy atom. The van der Waals surface area contributed by atoms with Crippen molar-refractivity contribution in [2.45, 2.75) is 28.3 Å². The molecule has 0 bridgehead atoms. The van der Waals surface area contributed by atoms with E-state index in [0.717, 1.165) is 22.7 Å². The average molecular weight is 412 g/mol. The molecule has 0 spiro atoms. The first-order chi connectivity index (χ1) is 11.5. The van der Waals surface area contributed by atoms with Crippen molar-refractivity contribution in [2.75, 3.05) is 7.11 Å². The molecule has 0 amide bonds. The summed E-state index contributed by atoms with van der Waals surface area (Å²) in [6, 6.07) is 10.3. The third kappa shape index (κ3) is 3.52. The van der Waals surface area contributed by atoms with Crippen molar-refractivity contribution in [3.8, 4) is 5.75 Å². The van der Waals surface area contributed by atoms with Crippen LogP contribution in [0.3, 0.4) is 0 Å². The summed E-state index contributed by atoms with van der Waals surface area (Å²) in [4.78, 5) is 24.6. The van der Waals surface area contributed by atoms with Gasteiger partial charge in [-0.2, -0.15) is 0 Å². The highest BCUT2D eigenvalue weighted by atomic mass is 79.9. The molecule has 1 atom stereocenters. The highest BCUT2D eigenvalue weighted by molar-refractivity contribution is 9.08. The Balaban J connectivity index is 2.73. The van der Waals surface area contributed by atoms with Gasteiger partial charge in [-0.05, 0) is 18.6 Å². The second-order valence-corrected chi connectivity index (χ2v) is 6.88. The van der Waals surface area contributed by atoms with Gasteiger partial charge >= 0.3 is 5.63 Å². The fourth-order valence-corrected chi connectivity index (χ4v) is 4.11. The van der Waals surface area contributed by atoms with Crippen LogP contribution in [0, 0.1) is 0 Å². The van der Waals surface area contributed by atoms with Crippen LogP contribution in [0.25, 0.3) is 0 Å². The van der Waals surface area contributed by atoms with Crippen LogP contribution < -0.4 is 15.5 Å². The highest BCUT2D eigenvalue weighted by Gasteiger charge is 2.39. The predicted molar refractivity (Wildman–Crippen MR) is 93.4 cm³/mol. The van der Waals surface area contributed by atoms with E-state index in [1.807, 2.05) is 30.3 Å². The third-order valence-electron chi connectivity index (χ3n) is 3.61. The summed E-state index contributed by atoms with van der Waals surface area (Å²) in [5.41, 5.74) is -0.295. The Morgan fingerprint density at radius 2 is 2.04 bits per heavy atom. The van der Waals surface area contributed by atoms with Crippen molar-refractivity contribution < 1.29 is 19.1 Å². The molecular formula is C17H16BrO5S-. The molecule has 128 valence electrons. The molecule has 0 radical (unpaired) electrons. The standard InChI is InChI=1S/C17H17BrO5S/c1-3-17(16(20)21,24-11-7-5-4-6-8-11)15-12(22-2)9-14(19)23-13(15)10-18/h4-9H,3,10H2,1-2H3,(H,20,21)/p-1. The first-order valence-corrected chi connectivity index (χ1v) is 9.15. The van der Waals surface area contributed by atoms with Gasteiger partial charge in [-0.3, -0.25) is 0 Å². The van der Waals surface area contributed by atoms with E-state index >= 15 is 0 Å². The average Bonchev–Trinajstić information content (AvgIpc) is 2.59. The molecule has 0 saturated heterocycles. The Hall–Kier alpha value is -1.73. The summed E-state index contributed by atoms with van der Waals surface area (Å²) in [7, 11) is 1.39. The van der Waals surface area contributed by atoms with E-state index in [2.05, 4.69) is 15.9 Å². The van der Waals surface area contributed by atoms with Gasteiger partial charge in [0.25, 0.3) is 0 Å². The number of hydrogen-bond acceptors (Lipinski definition) is 6. The summed E-state index contributed by atoms with van der Waals surface area (Å²) in [6.45, 7) is 1.74. The molecule has 2 aromatic rings. The topological polar surface area (TPSA) is 79.6 Å². The second kappa shape index (κ2) is 7.90. The minimum atomic E-state index is -1.45. The number of hydrogen-bond donors (Lipinski definition) is 0. The number of carboxylic acid groups (broad SMARTS) is 1. The number of halogens is 1. The molecule has 7 heteroatoms. The SMILES string of the molecule is CCC(Sc1ccccc1)(C(=O)[O-])c1c(OC)cc(=O)oc1CBr. The molecule has 2 rings (SSSR count). The van der Waals surface area contributed by atoms with E-state index in [4.69, 9.17) is 9.15 Å². The minimum absolute atomic E-state index is 0.176. The third-order valence-corrected chi connectivity index (χ3v) is 5.63. The number of carbonyl (C=O) groups is 1. The number of alkyl halides is 1. The molecule has 24 heavy (non-hydrogen) atoms. The fourth-order valence-electron chi connectivity index (χ4n) is 2.48. The monoisotopic (exact) mass is 411 g/mol. The molecule has 1 aromatic carbocycles. The first kappa shape index (κ1) is 18.6. The largest absolute Gasteiger partial charge is 0.548 e. The summed E-state index contributed by atoms with van der Waals surface area (Å²) >= 11 is 4.39. The number of aliphatic carboxylic acids is 1. The normalized spacial score (nSPS) is 13.3. The zero-order valence-corrected chi connectivity index (χ0v) is 15.6. The Bertz CT molecular complexity index is 746. The molecule has 0 aliphatic heterocycles. The number of carboxylic acids is 1. The first-order valence-electron chi connectivity index (χ1n) is 7.21. The zero-order chi connectivity index (χ0) is 17.7. The maximum atomic E-state index is 12.2. The molecule has 1 aromatic heterocycles. The van der Waals surface area contributed by atoms with E-state index in [-0.39, 0.29) is 23.3 Å². The van der Waals surface area contributed by atoms with E-state index in [0.29, 0.717) is 5.56 Å². The summed E-state index contributed by atoms with van der Waals surface area (Å²) in [5.74, 6) is -0.878. The maximum Gasteiger partial charge on any atom is 0.339 e. The molecule has 0 saturated carbocycles. The molecular weight excluding hydrogens is 396 g/mol. The van der Waals surface area contributed by atoms with Crippen LogP contribution in [0.15, 0.2) is 50.5 Å². The fraction of sp³-hybridized carbons (Fsp3) is 0.294. The van der Waals surface area contributed by atoms with E-state index in [1.54, 1.807) is 6.92 Å². The smallest absolute Gasteiger partial charge is 0.339 e. The molecule has 1 heterocycles. The van der Waals surface area contributed by atoms with Crippen molar-refractivity contribution in [1.82, 2.24) is 0 Å². The van der Waals surface area contributed by atoms with Crippen molar-refractivity contribution >= 4 is 33.7 Å². The lowest BCUT2D eigenvalue weighted by Crippen LogP contribution is -2.44. The van der Waals surface area contributed by atoms with Gasteiger partial charge in [-0.25, -0.2) is 4.79 Å². The van der Waals surface area contributed by atoms with E-state index < -0.39 is 16.3 Å². The molecule has 0 aliphatic carbocycles. The minimum Gasteiger partial charge on any atom is -0.548 e. The van der Waals surface area contributed by atoms with Crippen LogP contribution in [0.1, 0.15) is 24.7 Å². The van der Waals surface area contributed by atoms with E-state index in [9.17, 15) is 14.7 Å². The van der Waals surface area contributed by atoms with Crippen molar-refractivity contribution in [2.24, 2.45) is 0 Å². The molecule has 0 N–H and O–H groups in total. The van der Waals surface area contributed by atoms with Crippen LogP contribution >= 0.6 is 27.7 Å². The summed E-state index contributed by atoms with van der Waals surface area (Å²) in [6.07, 6.45) is 0.221. The van der Waals surface area contributed by atoms with Gasteiger partial charge in [0.1, 0.15) is 11.5 Å². The lowest BCUT2D eigenvalue weighted by molar-refractivity contribution is -0.310. The van der Waals surface area contributed by atoms with Crippen molar-refractivity contribution in [1.29, 1.82) is 0 Å². The summed E-state index contributed by atoms with van der Waals surface area (Å²) < 4.78 is 9.04. The number of rotatable bonds is 7. The van der Waals surface area contributed by atoms with Crippen LogP contribution in [-0.4, -0.2) is 13.1 Å². The number of thioether (sulfide) groups is 1. The number of carbonyl (C=O) groups excluding carboxylic acids is 1. The van der Waals surface area contributed by atoms with Gasteiger partial charge in [0.2, 0.25) is 0 Å². The lowest BCUT2D eigenvalue weighted by atomic mass is 9.94. The van der Waals surface area contributed by atoms with Crippen LogP contribution in [0.5, 0.6) is 5.75 Å². The molecule has 0 fully saturated rings. The van der Waals surface area contributed by atoms with Gasteiger partial charge in [0.05, 0.1) is 34.8 Å². The number of methoxy groups -OCH3 is 1. The Kier molecular flexibility index (Phi) is 6.12. The van der Waals surface area contributed by atoms with Crippen molar-refractivity contribution in [3.05, 3.63) is 58.1 Å².